The highest BCUT2D eigenvalue weighted by Gasteiger charge is 2.31. The molecule has 190 valence electrons. The lowest BCUT2D eigenvalue weighted by Crippen LogP contribution is -2.39. The summed E-state index contributed by atoms with van der Waals surface area (Å²) in [6.45, 7) is 7.33. The van der Waals surface area contributed by atoms with Crippen molar-refractivity contribution >= 4 is 23.0 Å². The van der Waals surface area contributed by atoms with Gasteiger partial charge in [0.15, 0.2) is 0 Å². The Labute approximate surface area is 213 Å². The standard InChI is InChI=1S/C30H36N2O4/c1-30(2,3)36-29(34)31-16-17-32-25-18-21(28(33)35-4)14-15-24(25)26(20-10-6-5-7-11-20)27(32)23-13-9-8-12-22(23)19-31/h8-9,12-15,18,20H,5-7,10-11,16-17,19H2,1-4H3. The highest BCUT2D eigenvalue weighted by Crippen LogP contribution is 2.45. The predicted molar refractivity (Wildman–Crippen MR) is 141 cm³/mol. The van der Waals surface area contributed by atoms with Crippen LogP contribution in [0.4, 0.5) is 4.79 Å². The lowest BCUT2D eigenvalue weighted by atomic mass is 9.81. The molecular weight excluding hydrogens is 452 g/mol. The Balaban J connectivity index is 1.71. The van der Waals surface area contributed by atoms with Crippen LogP contribution in [0, 0.1) is 0 Å². The van der Waals surface area contributed by atoms with Gasteiger partial charge in [0.1, 0.15) is 5.60 Å². The molecule has 1 amide bonds. The van der Waals surface area contributed by atoms with Gasteiger partial charge >= 0.3 is 12.1 Å². The van der Waals surface area contributed by atoms with E-state index in [9.17, 15) is 9.59 Å². The van der Waals surface area contributed by atoms with Crippen molar-refractivity contribution in [3.63, 3.8) is 0 Å². The van der Waals surface area contributed by atoms with Crippen LogP contribution in [0.2, 0.25) is 0 Å². The second-order valence-corrected chi connectivity index (χ2v) is 11.0. The quantitative estimate of drug-likeness (QED) is 0.368. The maximum Gasteiger partial charge on any atom is 0.410 e. The average molecular weight is 489 g/mol. The number of benzene rings is 2. The fourth-order valence-electron chi connectivity index (χ4n) is 5.83. The number of hydrogen-bond acceptors (Lipinski definition) is 4. The molecule has 0 atom stereocenters. The Kier molecular flexibility index (Phi) is 6.54. The molecule has 1 aliphatic heterocycles. The van der Waals surface area contributed by atoms with E-state index in [4.69, 9.17) is 9.47 Å². The zero-order valence-corrected chi connectivity index (χ0v) is 21.8. The monoisotopic (exact) mass is 488 g/mol. The minimum absolute atomic E-state index is 0.306. The molecule has 1 aliphatic carbocycles. The van der Waals surface area contributed by atoms with Crippen molar-refractivity contribution in [1.29, 1.82) is 0 Å². The molecule has 5 rings (SSSR count). The van der Waals surface area contributed by atoms with Crippen molar-refractivity contribution < 1.29 is 19.1 Å². The van der Waals surface area contributed by atoms with Gasteiger partial charge in [-0.15, -0.1) is 0 Å². The Bertz CT molecular complexity index is 1290. The number of carbonyl (C=O) groups is 2. The molecule has 6 nitrogen and oxygen atoms in total. The Morgan fingerprint density at radius 2 is 1.72 bits per heavy atom. The fraction of sp³-hybridized carbons (Fsp3) is 0.467. The van der Waals surface area contributed by atoms with E-state index in [-0.39, 0.29) is 12.1 Å². The van der Waals surface area contributed by atoms with Gasteiger partial charge in [0.25, 0.3) is 0 Å². The van der Waals surface area contributed by atoms with E-state index in [0.29, 0.717) is 31.1 Å². The Morgan fingerprint density at radius 3 is 2.44 bits per heavy atom. The van der Waals surface area contributed by atoms with Crippen molar-refractivity contribution in [3.05, 3.63) is 59.2 Å². The number of hydrogen-bond donors (Lipinski definition) is 0. The number of ether oxygens (including phenoxy) is 2. The summed E-state index contributed by atoms with van der Waals surface area (Å²) >= 11 is 0. The van der Waals surface area contributed by atoms with Gasteiger partial charge in [-0.05, 0) is 62.8 Å². The minimum atomic E-state index is -0.562. The predicted octanol–water partition coefficient (Wildman–Crippen LogP) is 6.89. The zero-order chi connectivity index (χ0) is 25.4. The molecule has 2 aliphatic rings. The number of esters is 1. The summed E-state index contributed by atoms with van der Waals surface area (Å²) in [6.07, 6.45) is 5.82. The summed E-state index contributed by atoms with van der Waals surface area (Å²) in [4.78, 5) is 27.4. The molecule has 2 aromatic carbocycles. The number of fused-ring (bicyclic) bond motifs is 5. The first-order valence-corrected chi connectivity index (χ1v) is 13.1. The normalized spacial score (nSPS) is 16.6. The van der Waals surface area contributed by atoms with Crippen molar-refractivity contribution in [2.24, 2.45) is 0 Å². The Hall–Kier alpha value is -3.28. The summed E-state index contributed by atoms with van der Waals surface area (Å²) in [5.41, 5.74) is 5.89. The van der Waals surface area contributed by atoms with Crippen LogP contribution in [-0.2, 0) is 22.6 Å². The molecule has 36 heavy (non-hydrogen) atoms. The molecule has 0 unspecified atom stereocenters. The SMILES string of the molecule is COC(=O)c1ccc2c(C3CCCCC3)c3n(c2c1)CCN(C(=O)OC(C)(C)C)Cc1ccccc1-3. The molecular formula is C30H36N2O4. The number of carbonyl (C=O) groups excluding carboxylic acids is 2. The molecule has 0 spiro atoms. The first kappa shape index (κ1) is 24.4. The molecule has 6 heteroatoms. The van der Waals surface area contributed by atoms with Crippen molar-refractivity contribution in [2.45, 2.75) is 77.5 Å². The number of nitrogens with zero attached hydrogens (tertiary/aromatic N) is 2. The third kappa shape index (κ3) is 4.61. The van der Waals surface area contributed by atoms with Crippen LogP contribution in [-0.4, -0.2) is 40.8 Å². The van der Waals surface area contributed by atoms with Gasteiger partial charge in [0.05, 0.1) is 18.4 Å². The molecule has 0 saturated heterocycles. The van der Waals surface area contributed by atoms with Gasteiger partial charge in [0.2, 0.25) is 0 Å². The minimum Gasteiger partial charge on any atom is -0.465 e. The van der Waals surface area contributed by atoms with Crippen molar-refractivity contribution in [3.8, 4) is 11.3 Å². The van der Waals surface area contributed by atoms with Crippen LogP contribution >= 0.6 is 0 Å². The van der Waals surface area contributed by atoms with E-state index >= 15 is 0 Å². The van der Waals surface area contributed by atoms with E-state index in [1.807, 2.05) is 39.0 Å². The second kappa shape index (κ2) is 9.64. The van der Waals surface area contributed by atoms with Crippen LogP contribution in [0.15, 0.2) is 42.5 Å². The zero-order valence-electron chi connectivity index (χ0n) is 21.8. The molecule has 1 aromatic heterocycles. The molecule has 0 radical (unpaired) electrons. The lowest BCUT2D eigenvalue weighted by Gasteiger charge is -2.31. The second-order valence-electron chi connectivity index (χ2n) is 11.0. The smallest absolute Gasteiger partial charge is 0.410 e. The number of amides is 1. The molecule has 2 heterocycles. The van der Waals surface area contributed by atoms with E-state index in [2.05, 4.69) is 28.8 Å². The number of rotatable bonds is 2. The molecule has 3 aromatic rings. The Morgan fingerprint density at radius 1 is 0.972 bits per heavy atom. The molecule has 0 N–H and O–H groups in total. The molecule has 0 bridgehead atoms. The maximum atomic E-state index is 13.1. The van der Waals surface area contributed by atoms with Gasteiger partial charge in [-0.1, -0.05) is 49.6 Å². The summed E-state index contributed by atoms with van der Waals surface area (Å²) in [5.74, 6) is 0.143. The van der Waals surface area contributed by atoms with Gasteiger partial charge in [0, 0.05) is 36.1 Å². The van der Waals surface area contributed by atoms with E-state index < -0.39 is 5.60 Å². The summed E-state index contributed by atoms with van der Waals surface area (Å²) in [6, 6.07) is 14.3. The van der Waals surface area contributed by atoms with Gasteiger partial charge in [-0.2, -0.15) is 0 Å². The van der Waals surface area contributed by atoms with Crippen molar-refractivity contribution in [2.75, 3.05) is 13.7 Å². The highest BCUT2D eigenvalue weighted by molar-refractivity contribution is 5.99. The van der Waals surface area contributed by atoms with Gasteiger partial charge in [-0.3, -0.25) is 0 Å². The third-order valence-corrected chi connectivity index (χ3v) is 7.42. The van der Waals surface area contributed by atoms with E-state index in [1.165, 1.54) is 55.9 Å². The largest absolute Gasteiger partial charge is 0.465 e. The lowest BCUT2D eigenvalue weighted by molar-refractivity contribution is 0.0226. The van der Waals surface area contributed by atoms with E-state index in [1.54, 1.807) is 4.90 Å². The molecule has 1 fully saturated rings. The van der Waals surface area contributed by atoms with Crippen molar-refractivity contribution in [1.82, 2.24) is 9.47 Å². The summed E-state index contributed by atoms with van der Waals surface area (Å²) in [7, 11) is 1.41. The molecule has 1 saturated carbocycles. The summed E-state index contributed by atoms with van der Waals surface area (Å²) < 4.78 is 13.1. The van der Waals surface area contributed by atoms with Crippen LogP contribution in [0.5, 0.6) is 0 Å². The fourth-order valence-corrected chi connectivity index (χ4v) is 5.83. The highest BCUT2D eigenvalue weighted by atomic mass is 16.6. The topological polar surface area (TPSA) is 60.8 Å². The first-order chi connectivity index (χ1) is 17.3. The van der Waals surface area contributed by atoms with Gasteiger partial charge < -0.3 is 18.9 Å². The van der Waals surface area contributed by atoms with Crippen LogP contribution in [0.1, 0.15) is 80.3 Å². The summed E-state index contributed by atoms with van der Waals surface area (Å²) in [5, 5.41) is 1.20. The maximum absolute atomic E-state index is 13.1. The average Bonchev–Trinajstić information content (AvgIpc) is 3.17. The third-order valence-electron chi connectivity index (χ3n) is 7.42. The number of aromatic nitrogens is 1. The number of methoxy groups -OCH3 is 1. The van der Waals surface area contributed by atoms with E-state index in [0.717, 1.165) is 16.6 Å². The van der Waals surface area contributed by atoms with Crippen LogP contribution < -0.4 is 0 Å². The van der Waals surface area contributed by atoms with Crippen LogP contribution in [0.3, 0.4) is 0 Å². The first-order valence-electron chi connectivity index (χ1n) is 13.1. The van der Waals surface area contributed by atoms with Gasteiger partial charge in [-0.25, -0.2) is 9.59 Å². The van der Waals surface area contributed by atoms with Crippen LogP contribution in [0.25, 0.3) is 22.2 Å².